The number of rotatable bonds is 2. The Balaban J connectivity index is 2.31. The van der Waals surface area contributed by atoms with Gasteiger partial charge in [-0.05, 0) is 55.0 Å². The molecule has 7 heteroatoms. The number of nitrogens with zero attached hydrogens (tertiary/aromatic N) is 1. The monoisotopic (exact) mass is 309 g/mol. The molecule has 4 nitrogen and oxygen atoms in total. The van der Waals surface area contributed by atoms with E-state index in [9.17, 15) is 18.0 Å². The summed E-state index contributed by atoms with van der Waals surface area (Å²) >= 11 is 0. The number of carbonyl (C=O) groups excluding carboxylic acids is 1. The number of benzene rings is 1. The highest BCUT2D eigenvalue weighted by Gasteiger charge is 2.36. The third-order valence-corrected chi connectivity index (χ3v) is 3.86. The fourth-order valence-corrected chi connectivity index (χ4v) is 2.57. The summed E-state index contributed by atoms with van der Waals surface area (Å²) < 4.78 is 40.1. The number of carbonyl (C=O) groups is 1. The molecule has 1 saturated carbocycles. The number of nitrogens with one attached hydrogen (secondary N) is 1. The molecule has 1 aliphatic rings. The number of aryl methyl sites for hydroxylation is 1. The first-order valence-corrected chi connectivity index (χ1v) is 6.84. The number of hydrogen-bond acceptors (Lipinski definition) is 3. The minimum Gasteiger partial charge on any atom is -0.289 e. The zero-order chi connectivity index (χ0) is 16.1. The van der Waals surface area contributed by atoms with Crippen molar-refractivity contribution in [1.29, 1.82) is 0 Å². The minimum absolute atomic E-state index is 0.128. The third-order valence-electron chi connectivity index (χ3n) is 3.86. The Morgan fingerprint density at radius 2 is 2.00 bits per heavy atom. The van der Waals surface area contributed by atoms with Crippen LogP contribution in [0.2, 0.25) is 0 Å². The van der Waals surface area contributed by atoms with Crippen molar-refractivity contribution < 1.29 is 18.0 Å². The Morgan fingerprint density at radius 1 is 1.32 bits per heavy atom. The normalized spacial score (nSPS) is 15.1. The van der Waals surface area contributed by atoms with Gasteiger partial charge in [-0.2, -0.15) is 13.2 Å². The van der Waals surface area contributed by atoms with Crippen molar-refractivity contribution in [3.63, 3.8) is 0 Å². The van der Waals surface area contributed by atoms with Gasteiger partial charge in [-0.3, -0.25) is 10.2 Å². The molecule has 2 aromatic rings. The standard InChI is InChI=1S/C15H14F3N3O/c1-7-4-12(14(22)21-19)20-13-10(7)5-9(8-2-3-8)6-11(13)15(16,17)18/h4-6,8H,2-3,19H2,1H3,(H,21,22). The van der Waals surface area contributed by atoms with Crippen LogP contribution in [0.15, 0.2) is 18.2 Å². The summed E-state index contributed by atoms with van der Waals surface area (Å²) in [5.74, 6) is 4.51. The van der Waals surface area contributed by atoms with Gasteiger partial charge in [0.2, 0.25) is 0 Å². The molecule has 1 fully saturated rings. The van der Waals surface area contributed by atoms with Crippen molar-refractivity contribution in [2.75, 3.05) is 0 Å². The molecular weight excluding hydrogens is 295 g/mol. The van der Waals surface area contributed by atoms with Crippen LogP contribution >= 0.6 is 0 Å². The van der Waals surface area contributed by atoms with Crippen molar-refractivity contribution >= 4 is 16.8 Å². The summed E-state index contributed by atoms with van der Waals surface area (Å²) in [5.41, 5.74) is 1.99. The van der Waals surface area contributed by atoms with Gasteiger partial charge in [-0.15, -0.1) is 0 Å². The van der Waals surface area contributed by atoms with Gasteiger partial charge >= 0.3 is 6.18 Å². The van der Waals surface area contributed by atoms with Crippen LogP contribution < -0.4 is 11.3 Å². The van der Waals surface area contributed by atoms with E-state index in [4.69, 9.17) is 5.84 Å². The minimum atomic E-state index is -4.53. The maximum Gasteiger partial charge on any atom is 0.418 e. The summed E-state index contributed by atoms with van der Waals surface area (Å²) in [4.78, 5) is 15.5. The lowest BCUT2D eigenvalue weighted by Crippen LogP contribution is -2.30. The molecular formula is C15H14F3N3O. The van der Waals surface area contributed by atoms with E-state index in [0.717, 1.165) is 18.9 Å². The number of nitrogen functional groups attached to an aromatic ring is 1. The molecule has 3 N–H and O–H groups in total. The Morgan fingerprint density at radius 3 is 2.55 bits per heavy atom. The topological polar surface area (TPSA) is 68.0 Å². The largest absolute Gasteiger partial charge is 0.418 e. The van der Waals surface area contributed by atoms with Gasteiger partial charge in [0.1, 0.15) is 5.69 Å². The van der Waals surface area contributed by atoms with Gasteiger partial charge in [0.25, 0.3) is 5.91 Å². The molecule has 0 atom stereocenters. The lowest BCUT2D eigenvalue weighted by atomic mass is 9.98. The molecule has 0 radical (unpaired) electrons. The van der Waals surface area contributed by atoms with E-state index in [2.05, 4.69) is 4.98 Å². The Hall–Kier alpha value is -2.15. The van der Waals surface area contributed by atoms with Crippen molar-refractivity contribution in [1.82, 2.24) is 10.4 Å². The lowest BCUT2D eigenvalue weighted by molar-refractivity contribution is -0.136. The number of hydrogen-bond donors (Lipinski definition) is 2. The first kappa shape index (κ1) is 14.8. The number of aromatic nitrogens is 1. The predicted molar refractivity (Wildman–Crippen MR) is 75.1 cm³/mol. The van der Waals surface area contributed by atoms with Gasteiger partial charge in [0, 0.05) is 5.39 Å². The third kappa shape index (κ3) is 2.52. The molecule has 0 unspecified atom stereocenters. The maximum absolute atomic E-state index is 13.4. The SMILES string of the molecule is Cc1cc(C(=O)NN)nc2c(C(F)(F)F)cc(C3CC3)cc12. The van der Waals surface area contributed by atoms with E-state index < -0.39 is 17.6 Å². The van der Waals surface area contributed by atoms with E-state index in [1.165, 1.54) is 6.07 Å². The van der Waals surface area contributed by atoms with Crippen LogP contribution in [-0.4, -0.2) is 10.9 Å². The van der Waals surface area contributed by atoms with Crippen LogP contribution in [0, 0.1) is 6.92 Å². The van der Waals surface area contributed by atoms with E-state index in [1.807, 2.05) is 5.43 Å². The van der Waals surface area contributed by atoms with Gasteiger partial charge in [0.15, 0.2) is 0 Å². The van der Waals surface area contributed by atoms with E-state index >= 15 is 0 Å². The molecule has 1 heterocycles. The highest BCUT2D eigenvalue weighted by atomic mass is 19.4. The molecule has 1 aliphatic carbocycles. The molecule has 116 valence electrons. The molecule has 22 heavy (non-hydrogen) atoms. The summed E-state index contributed by atoms with van der Waals surface area (Å²) in [5, 5.41) is 0.422. The van der Waals surface area contributed by atoms with Crippen LogP contribution in [0.25, 0.3) is 10.9 Å². The average Bonchev–Trinajstić information content (AvgIpc) is 3.29. The quantitative estimate of drug-likeness (QED) is 0.509. The summed E-state index contributed by atoms with van der Waals surface area (Å²) in [7, 11) is 0. The number of nitrogens with two attached hydrogens (primary N) is 1. The molecule has 0 bridgehead atoms. The number of hydrazine groups is 1. The van der Waals surface area contributed by atoms with Crippen LogP contribution in [-0.2, 0) is 6.18 Å². The second-order valence-corrected chi connectivity index (χ2v) is 5.53. The zero-order valence-electron chi connectivity index (χ0n) is 11.8. The van der Waals surface area contributed by atoms with Crippen LogP contribution in [0.3, 0.4) is 0 Å². The number of halogens is 3. The highest BCUT2D eigenvalue weighted by Crippen LogP contribution is 2.44. The number of fused-ring (bicyclic) bond motifs is 1. The van der Waals surface area contributed by atoms with Crippen molar-refractivity contribution in [2.24, 2.45) is 5.84 Å². The van der Waals surface area contributed by atoms with Gasteiger partial charge in [0.05, 0.1) is 11.1 Å². The molecule has 3 rings (SSSR count). The molecule has 1 aromatic heterocycles. The summed E-state index contributed by atoms with van der Waals surface area (Å²) in [6, 6.07) is 4.34. The van der Waals surface area contributed by atoms with Gasteiger partial charge in [-0.25, -0.2) is 10.8 Å². The average molecular weight is 309 g/mol. The summed E-state index contributed by atoms with van der Waals surface area (Å²) in [6.45, 7) is 1.66. The number of amides is 1. The fraction of sp³-hybridized carbons (Fsp3) is 0.333. The molecule has 0 aliphatic heterocycles. The maximum atomic E-state index is 13.4. The first-order valence-electron chi connectivity index (χ1n) is 6.84. The van der Waals surface area contributed by atoms with Crippen LogP contribution in [0.1, 0.15) is 45.9 Å². The first-order chi connectivity index (χ1) is 10.3. The van der Waals surface area contributed by atoms with Crippen molar-refractivity contribution in [3.8, 4) is 0 Å². The summed E-state index contributed by atoms with van der Waals surface area (Å²) in [6.07, 6.45) is -2.72. The Kier molecular flexibility index (Phi) is 3.32. The van der Waals surface area contributed by atoms with Crippen molar-refractivity contribution in [2.45, 2.75) is 31.9 Å². The van der Waals surface area contributed by atoms with Crippen molar-refractivity contribution in [3.05, 3.63) is 40.6 Å². The second kappa shape index (κ2) is 4.95. The number of pyridine rings is 1. The molecule has 0 spiro atoms. The van der Waals surface area contributed by atoms with Gasteiger partial charge < -0.3 is 0 Å². The Labute approximate surface area is 124 Å². The smallest absolute Gasteiger partial charge is 0.289 e. The van der Waals surface area contributed by atoms with Crippen LogP contribution in [0.5, 0.6) is 0 Å². The molecule has 0 saturated heterocycles. The van der Waals surface area contributed by atoms with E-state index in [0.29, 0.717) is 16.5 Å². The number of alkyl halides is 3. The Bertz CT molecular complexity index is 767. The van der Waals surface area contributed by atoms with Crippen LogP contribution in [0.4, 0.5) is 13.2 Å². The van der Waals surface area contributed by atoms with Gasteiger partial charge in [-0.1, -0.05) is 0 Å². The fourth-order valence-electron chi connectivity index (χ4n) is 2.57. The molecule has 1 amide bonds. The zero-order valence-corrected chi connectivity index (χ0v) is 11.8. The lowest BCUT2D eigenvalue weighted by Gasteiger charge is -2.14. The second-order valence-electron chi connectivity index (χ2n) is 5.53. The molecule has 1 aromatic carbocycles. The predicted octanol–water partition coefficient (Wildman–Crippen LogP) is 3.04. The van der Waals surface area contributed by atoms with E-state index in [-0.39, 0.29) is 17.1 Å². The van der Waals surface area contributed by atoms with E-state index in [1.54, 1.807) is 13.0 Å². The highest BCUT2D eigenvalue weighted by molar-refractivity contribution is 5.96.